The number of hydrogen-bond acceptors (Lipinski definition) is 3. The van der Waals surface area contributed by atoms with Gasteiger partial charge < -0.3 is 5.32 Å². The minimum Gasteiger partial charge on any atom is -0.355 e. The lowest BCUT2D eigenvalue weighted by atomic mass is 9.93. The summed E-state index contributed by atoms with van der Waals surface area (Å²) in [5.74, 6) is 1.23. The summed E-state index contributed by atoms with van der Waals surface area (Å²) in [7, 11) is 0. The largest absolute Gasteiger partial charge is 0.355 e. The molecule has 0 unspecified atom stereocenters. The van der Waals surface area contributed by atoms with Crippen molar-refractivity contribution < 1.29 is 9.59 Å². The van der Waals surface area contributed by atoms with Gasteiger partial charge in [0.15, 0.2) is 0 Å². The summed E-state index contributed by atoms with van der Waals surface area (Å²) in [6.07, 6.45) is 2.82. The zero-order chi connectivity index (χ0) is 13.5. The molecule has 104 valence electrons. The molecule has 1 rings (SSSR count). The molecular weight excluding hydrogens is 228 g/mol. The fourth-order valence-corrected chi connectivity index (χ4v) is 2.26. The van der Waals surface area contributed by atoms with Gasteiger partial charge in [0.1, 0.15) is 5.78 Å². The van der Waals surface area contributed by atoms with Gasteiger partial charge in [0.2, 0.25) is 5.91 Å². The van der Waals surface area contributed by atoms with Crippen molar-refractivity contribution in [2.24, 2.45) is 11.8 Å². The van der Waals surface area contributed by atoms with E-state index in [1.165, 1.54) is 0 Å². The van der Waals surface area contributed by atoms with E-state index >= 15 is 0 Å². The van der Waals surface area contributed by atoms with Crippen LogP contribution in [0.2, 0.25) is 0 Å². The first kappa shape index (κ1) is 15.2. The van der Waals surface area contributed by atoms with Crippen LogP contribution in [-0.2, 0) is 9.59 Å². The summed E-state index contributed by atoms with van der Waals surface area (Å²) in [5, 5.41) is 2.95. The van der Waals surface area contributed by atoms with Crippen LogP contribution in [0, 0.1) is 11.8 Å². The third-order valence-corrected chi connectivity index (χ3v) is 3.57. The Morgan fingerprint density at radius 1 is 1.28 bits per heavy atom. The molecule has 0 atom stereocenters. The normalized spacial score (nSPS) is 18.0. The van der Waals surface area contributed by atoms with Crippen molar-refractivity contribution in [3.8, 4) is 0 Å². The molecule has 0 bridgehead atoms. The first-order valence-corrected chi connectivity index (χ1v) is 6.98. The number of ketones is 1. The van der Waals surface area contributed by atoms with Crippen molar-refractivity contribution in [1.29, 1.82) is 0 Å². The van der Waals surface area contributed by atoms with Crippen LogP contribution in [0.4, 0.5) is 0 Å². The smallest absolute Gasteiger partial charge is 0.234 e. The van der Waals surface area contributed by atoms with E-state index in [4.69, 9.17) is 0 Å². The molecule has 1 fully saturated rings. The van der Waals surface area contributed by atoms with Gasteiger partial charge in [-0.2, -0.15) is 0 Å². The summed E-state index contributed by atoms with van der Waals surface area (Å²) < 4.78 is 0. The fourth-order valence-electron chi connectivity index (χ4n) is 2.26. The summed E-state index contributed by atoms with van der Waals surface area (Å²) in [4.78, 5) is 25.1. The van der Waals surface area contributed by atoms with Crippen LogP contribution in [0.5, 0.6) is 0 Å². The van der Waals surface area contributed by atoms with E-state index in [-0.39, 0.29) is 17.6 Å². The molecular formula is C14H26N2O2. The van der Waals surface area contributed by atoms with Crippen LogP contribution in [0.15, 0.2) is 0 Å². The fraction of sp³-hybridized carbons (Fsp3) is 0.857. The van der Waals surface area contributed by atoms with Gasteiger partial charge in [-0.3, -0.25) is 14.5 Å². The minimum atomic E-state index is 0.108. The molecule has 4 heteroatoms. The number of likely N-dealkylation sites (tertiary alicyclic amines) is 1. The van der Waals surface area contributed by atoms with Gasteiger partial charge in [-0.05, 0) is 45.2 Å². The van der Waals surface area contributed by atoms with Crippen LogP contribution in [0.1, 0.15) is 40.0 Å². The van der Waals surface area contributed by atoms with Gasteiger partial charge in [0, 0.05) is 12.5 Å². The minimum absolute atomic E-state index is 0.108. The third kappa shape index (κ3) is 5.63. The predicted molar refractivity (Wildman–Crippen MR) is 72.3 cm³/mol. The van der Waals surface area contributed by atoms with Gasteiger partial charge >= 0.3 is 0 Å². The summed E-state index contributed by atoms with van der Waals surface area (Å²) in [5.41, 5.74) is 0. The molecule has 0 aromatic heterocycles. The van der Waals surface area contributed by atoms with Gasteiger partial charge in [-0.25, -0.2) is 0 Å². The number of hydrogen-bond donors (Lipinski definition) is 1. The van der Waals surface area contributed by atoms with E-state index in [1.807, 2.05) is 0 Å². The van der Waals surface area contributed by atoms with Crippen molar-refractivity contribution in [2.75, 3.05) is 26.2 Å². The standard InChI is InChI=1S/C14H26N2O2/c1-11(2)4-7-15-14(18)10-16-8-5-13(6-9-16)12(3)17/h11,13H,4-10H2,1-3H3,(H,15,18). The average Bonchev–Trinajstić information content (AvgIpc) is 2.29. The Morgan fingerprint density at radius 2 is 1.89 bits per heavy atom. The molecule has 0 aliphatic carbocycles. The number of carbonyl (C=O) groups excluding carboxylic acids is 2. The van der Waals surface area contributed by atoms with E-state index in [9.17, 15) is 9.59 Å². The molecule has 0 spiro atoms. The van der Waals surface area contributed by atoms with Crippen molar-refractivity contribution in [3.05, 3.63) is 0 Å². The zero-order valence-electron chi connectivity index (χ0n) is 11.9. The number of rotatable bonds is 6. The third-order valence-electron chi connectivity index (χ3n) is 3.57. The number of carbonyl (C=O) groups is 2. The van der Waals surface area contributed by atoms with Crippen molar-refractivity contribution in [3.63, 3.8) is 0 Å². The van der Waals surface area contributed by atoms with E-state index in [0.29, 0.717) is 12.5 Å². The molecule has 18 heavy (non-hydrogen) atoms. The zero-order valence-corrected chi connectivity index (χ0v) is 11.9. The molecule has 1 saturated heterocycles. The second-order valence-electron chi connectivity index (χ2n) is 5.69. The SMILES string of the molecule is CC(=O)C1CCN(CC(=O)NCCC(C)C)CC1. The van der Waals surface area contributed by atoms with E-state index < -0.39 is 0 Å². The highest BCUT2D eigenvalue weighted by Crippen LogP contribution is 2.17. The summed E-state index contributed by atoms with van der Waals surface area (Å²) in [6.45, 7) is 8.93. The van der Waals surface area contributed by atoms with E-state index in [1.54, 1.807) is 6.92 Å². The molecule has 1 amide bonds. The van der Waals surface area contributed by atoms with Gasteiger partial charge in [0.05, 0.1) is 6.54 Å². The Kier molecular flexibility index (Phi) is 6.33. The lowest BCUT2D eigenvalue weighted by Gasteiger charge is -2.30. The van der Waals surface area contributed by atoms with Crippen LogP contribution in [0.3, 0.4) is 0 Å². The number of Topliss-reactive ketones (excluding diaryl/α,β-unsaturated/α-hetero) is 1. The highest BCUT2D eigenvalue weighted by Gasteiger charge is 2.23. The molecule has 1 N–H and O–H groups in total. The average molecular weight is 254 g/mol. The second-order valence-corrected chi connectivity index (χ2v) is 5.69. The second kappa shape index (κ2) is 7.52. The topological polar surface area (TPSA) is 49.4 Å². The van der Waals surface area contributed by atoms with Crippen LogP contribution in [0.25, 0.3) is 0 Å². The lowest BCUT2D eigenvalue weighted by molar-refractivity contribution is -0.123. The van der Waals surface area contributed by atoms with E-state index in [0.717, 1.165) is 38.9 Å². The monoisotopic (exact) mass is 254 g/mol. The highest BCUT2D eigenvalue weighted by atomic mass is 16.2. The van der Waals surface area contributed by atoms with Gasteiger partial charge in [0.25, 0.3) is 0 Å². The van der Waals surface area contributed by atoms with Crippen LogP contribution >= 0.6 is 0 Å². The van der Waals surface area contributed by atoms with Crippen molar-refractivity contribution in [2.45, 2.75) is 40.0 Å². The Morgan fingerprint density at radius 3 is 2.39 bits per heavy atom. The van der Waals surface area contributed by atoms with Crippen LogP contribution in [-0.4, -0.2) is 42.8 Å². The number of nitrogens with one attached hydrogen (secondary N) is 1. The Labute approximate surface area is 110 Å². The van der Waals surface area contributed by atoms with Crippen molar-refractivity contribution in [1.82, 2.24) is 10.2 Å². The van der Waals surface area contributed by atoms with E-state index in [2.05, 4.69) is 24.1 Å². The molecule has 0 saturated carbocycles. The number of nitrogens with zero attached hydrogens (tertiary/aromatic N) is 1. The Hall–Kier alpha value is -0.900. The maximum Gasteiger partial charge on any atom is 0.234 e. The molecule has 1 aliphatic heterocycles. The number of piperidine rings is 1. The first-order valence-electron chi connectivity index (χ1n) is 6.98. The maximum atomic E-state index is 11.7. The molecule has 0 radical (unpaired) electrons. The Balaban J connectivity index is 2.16. The molecule has 1 heterocycles. The lowest BCUT2D eigenvalue weighted by Crippen LogP contribution is -2.42. The predicted octanol–water partition coefficient (Wildman–Crippen LogP) is 1.45. The molecule has 0 aromatic carbocycles. The molecule has 1 aliphatic rings. The van der Waals surface area contributed by atoms with Crippen LogP contribution < -0.4 is 5.32 Å². The Bertz CT molecular complexity index is 282. The molecule has 0 aromatic rings. The summed E-state index contributed by atoms with van der Waals surface area (Å²) >= 11 is 0. The van der Waals surface area contributed by atoms with Gasteiger partial charge in [-0.1, -0.05) is 13.8 Å². The van der Waals surface area contributed by atoms with Crippen molar-refractivity contribution >= 4 is 11.7 Å². The summed E-state index contributed by atoms with van der Waals surface area (Å²) in [6, 6.07) is 0. The highest BCUT2D eigenvalue weighted by molar-refractivity contribution is 5.79. The first-order chi connectivity index (χ1) is 8.49. The van der Waals surface area contributed by atoms with Gasteiger partial charge in [-0.15, -0.1) is 0 Å². The maximum absolute atomic E-state index is 11.7. The number of amides is 1. The molecule has 4 nitrogen and oxygen atoms in total. The quantitative estimate of drug-likeness (QED) is 0.780.